The molecule has 0 heterocycles. The first-order valence-electron chi connectivity index (χ1n) is 3.04. The number of nitrogens with one attached hydrogen (secondary N) is 1. The highest BCUT2D eigenvalue weighted by atomic mass is 16.5. The summed E-state index contributed by atoms with van der Waals surface area (Å²) in [6.45, 7) is 3.92. The molecule has 0 aliphatic heterocycles. The van der Waals surface area contributed by atoms with Gasteiger partial charge in [0.15, 0.2) is 0 Å². The van der Waals surface area contributed by atoms with E-state index in [2.05, 4.69) is 15.3 Å². The topological polar surface area (TPSA) is 50.7 Å². The molecule has 58 valence electrons. The Balaban J connectivity index is 3.43. The number of hydrogen-bond donors (Lipinski definition) is 1. The number of hydrogen-bond acceptors (Lipinski definition) is 3. The van der Waals surface area contributed by atoms with Crippen molar-refractivity contribution in [2.75, 3.05) is 7.11 Å². The van der Waals surface area contributed by atoms with Gasteiger partial charge in [-0.05, 0) is 5.92 Å². The SMILES string of the molecule is COC(=O)NN=CC(C)C. The molecule has 1 N–H and O–H groups in total. The van der Waals surface area contributed by atoms with Crippen molar-refractivity contribution < 1.29 is 9.53 Å². The molecule has 4 heteroatoms. The van der Waals surface area contributed by atoms with E-state index >= 15 is 0 Å². The predicted molar refractivity (Wildman–Crippen MR) is 38.9 cm³/mol. The smallest absolute Gasteiger partial charge is 0.427 e. The molecule has 0 unspecified atom stereocenters. The number of hydrazone groups is 1. The highest BCUT2D eigenvalue weighted by Crippen LogP contribution is 1.83. The molecule has 0 atom stereocenters. The van der Waals surface area contributed by atoms with Gasteiger partial charge in [0.1, 0.15) is 0 Å². The molecule has 0 spiro atoms. The van der Waals surface area contributed by atoms with Crippen LogP contribution in [0.4, 0.5) is 4.79 Å². The van der Waals surface area contributed by atoms with Crippen LogP contribution in [0.15, 0.2) is 5.10 Å². The fraction of sp³-hybridized carbons (Fsp3) is 0.667. The van der Waals surface area contributed by atoms with E-state index in [0.717, 1.165) is 0 Å². The van der Waals surface area contributed by atoms with Crippen molar-refractivity contribution in [3.63, 3.8) is 0 Å². The summed E-state index contributed by atoms with van der Waals surface area (Å²) in [5.41, 5.74) is 2.17. The van der Waals surface area contributed by atoms with Gasteiger partial charge in [0.05, 0.1) is 7.11 Å². The van der Waals surface area contributed by atoms with E-state index in [9.17, 15) is 4.79 Å². The molecule has 0 saturated carbocycles. The molecule has 10 heavy (non-hydrogen) atoms. The molecule has 1 amide bonds. The lowest BCUT2D eigenvalue weighted by atomic mass is 10.3. The van der Waals surface area contributed by atoms with Gasteiger partial charge in [-0.25, -0.2) is 10.2 Å². The van der Waals surface area contributed by atoms with E-state index in [-0.39, 0.29) is 0 Å². The minimum atomic E-state index is -0.545. The van der Waals surface area contributed by atoms with Gasteiger partial charge in [-0.3, -0.25) is 0 Å². The van der Waals surface area contributed by atoms with Gasteiger partial charge >= 0.3 is 6.09 Å². The van der Waals surface area contributed by atoms with Crippen LogP contribution in [0.1, 0.15) is 13.8 Å². The highest BCUT2D eigenvalue weighted by molar-refractivity contribution is 5.69. The first kappa shape index (κ1) is 8.94. The summed E-state index contributed by atoms with van der Waals surface area (Å²) in [7, 11) is 1.29. The molecule has 0 fully saturated rings. The highest BCUT2D eigenvalue weighted by Gasteiger charge is 1.92. The molecule has 0 saturated heterocycles. The zero-order chi connectivity index (χ0) is 7.98. The molecule has 0 aromatic heterocycles. The Morgan fingerprint density at radius 2 is 2.30 bits per heavy atom. The van der Waals surface area contributed by atoms with Crippen molar-refractivity contribution in [2.45, 2.75) is 13.8 Å². The Bertz CT molecular complexity index is 132. The fourth-order valence-corrected chi connectivity index (χ4v) is 0.285. The molecule has 0 aromatic rings. The molecule has 0 rings (SSSR count). The Labute approximate surface area is 60.3 Å². The van der Waals surface area contributed by atoms with Gasteiger partial charge in [0.2, 0.25) is 0 Å². The van der Waals surface area contributed by atoms with Crippen LogP contribution in [0.5, 0.6) is 0 Å². The van der Waals surface area contributed by atoms with Crippen molar-refractivity contribution in [2.24, 2.45) is 11.0 Å². The number of ether oxygens (including phenoxy) is 1. The lowest BCUT2D eigenvalue weighted by molar-refractivity contribution is 0.171. The predicted octanol–water partition coefficient (Wildman–Crippen LogP) is 0.984. The second kappa shape index (κ2) is 4.78. The van der Waals surface area contributed by atoms with Crippen LogP contribution in [-0.2, 0) is 4.74 Å². The van der Waals surface area contributed by atoms with Crippen molar-refractivity contribution in [3.8, 4) is 0 Å². The van der Waals surface area contributed by atoms with Crippen molar-refractivity contribution in [1.29, 1.82) is 0 Å². The van der Waals surface area contributed by atoms with Crippen molar-refractivity contribution >= 4 is 12.3 Å². The number of carbonyl (C=O) groups excluding carboxylic acids is 1. The Hall–Kier alpha value is -1.06. The average molecular weight is 144 g/mol. The summed E-state index contributed by atoms with van der Waals surface area (Å²) in [5, 5.41) is 3.59. The normalized spacial score (nSPS) is 10.4. The van der Waals surface area contributed by atoms with Crippen LogP contribution in [0.3, 0.4) is 0 Å². The van der Waals surface area contributed by atoms with Crippen molar-refractivity contribution in [3.05, 3.63) is 0 Å². The number of rotatable bonds is 2. The van der Waals surface area contributed by atoms with Crippen LogP contribution in [-0.4, -0.2) is 19.4 Å². The lowest BCUT2D eigenvalue weighted by Crippen LogP contribution is -2.17. The van der Waals surface area contributed by atoms with Crippen LogP contribution in [0, 0.1) is 5.92 Å². The monoisotopic (exact) mass is 144 g/mol. The summed E-state index contributed by atoms with van der Waals surface area (Å²) in [4.78, 5) is 10.3. The first-order chi connectivity index (χ1) is 4.66. The summed E-state index contributed by atoms with van der Waals surface area (Å²) < 4.78 is 4.27. The second-order valence-corrected chi connectivity index (χ2v) is 2.13. The molecular formula is C6H12N2O2. The largest absolute Gasteiger partial charge is 0.452 e. The van der Waals surface area contributed by atoms with E-state index in [1.807, 2.05) is 13.8 Å². The number of nitrogens with zero attached hydrogens (tertiary/aromatic N) is 1. The standard InChI is InChI=1S/C6H12N2O2/c1-5(2)4-7-8-6(9)10-3/h4-5H,1-3H3,(H,8,9). The van der Waals surface area contributed by atoms with Gasteiger partial charge in [0, 0.05) is 6.21 Å². The van der Waals surface area contributed by atoms with Crippen LogP contribution in [0.2, 0.25) is 0 Å². The van der Waals surface area contributed by atoms with Crippen LogP contribution in [0.25, 0.3) is 0 Å². The Morgan fingerprint density at radius 1 is 1.70 bits per heavy atom. The zero-order valence-corrected chi connectivity index (χ0v) is 6.42. The maximum Gasteiger partial charge on any atom is 0.427 e. The average Bonchev–Trinajstić information content (AvgIpc) is 1.87. The molecule has 4 nitrogen and oxygen atoms in total. The Kier molecular flexibility index (Phi) is 4.28. The molecule has 0 bridgehead atoms. The maximum atomic E-state index is 10.3. The third kappa shape index (κ3) is 5.08. The molecule has 0 aromatic carbocycles. The number of methoxy groups -OCH3 is 1. The zero-order valence-electron chi connectivity index (χ0n) is 6.42. The quantitative estimate of drug-likeness (QED) is 0.464. The summed E-state index contributed by atoms with van der Waals surface area (Å²) in [6.07, 6.45) is 1.08. The minimum Gasteiger partial charge on any atom is -0.452 e. The first-order valence-corrected chi connectivity index (χ1v) is 3.04. The van der Waals surface area contributed by atoms with Crippen LogP contribution < -0.4 is 5.43 Å². The minimum absolute atomic E-state index is 0.331. The fourth-order valence-electron chi connectivity index (χ4n) is 0.285. The second-order valence-electron chi connectivity index (χ2n) is 2.13. The van der Waals surface area contributed by atoms with E-state index in [1.54, 1.807) is 6.21 Å². The van der Waals surface area contributed by atoms with Gasteiger partial charge in [-0.1, -0.05) is 13.8 Å². The maximum absolute atomic E-state index is 10.3. The number of amides is 1. The summed E-state index contributed by atoms with van der Waals surface area (Å²) >= 11 is 0. The third-order valence-electron chi connectivity index (χ3n) is 0.714. The van der Waals surface area contributed by atoms with Crippen LogP contribution >= 0.6 is 0 Å². The van der Waals surface area contributed by atoms with Gasteiger partial charge < -0.3 is 4.74 Å². The van der Waals surface area contributed by atoms with Gasteiger partial charge in [-0.15, -0.1) is 0 Å². The van der Waals surface area contributed by atoms with Crippen molar-refractivity contribution in [1.82, 2.24) is 5.43 Å². The van der Waals surface area contributed by atoms with E-state index < -0.39 is 6.09 Å². The number of carbonyl (C=O) groups is 1. The summed E-state index contributed by atoms with van der Waals surface area (Å²) in [5.74, 6) is 0.331. The lowest BCUT2D eigenvalue weighted by Gasteiger charge is -1.95. The van der Waals surface area contributed by atoms with E-state index in [0.29, 0.717) is 5.92 Å². The Morgan fingerprint density at radius 3 is 2.70 bits per heavy atom. The van der Waals surface area contributed by atoms with Gasteiger partial charge in [-0.2, -0.15) is 5.10 Å². The van der Waals surface area contributed by atoms with E-state index in [4.69, 9.17) is 0 Å². The van der Waals surface area contributed by atoms with E-state index in [1.165, 1.54) is 7.11 Å². The molecule has 0 radical (unpaired) electrons. The molecule has 0 aliphatic carbocycles. The third-order valence-corrected chi connectivity index (χ3v) is 0.714. The molecular weight excluding hydrogens is 132 g/mol. The molecule has 0 aliphatic rings. The van der Waals surface area contributed by atoms with Gasteiger partial charge in [0.25, 0.3) is 0 Å². The summed E-state index contributed by atoms with van der Waals surface area (Å²) in [6, 6.07) is 0.